The summed E-state index contributed by atoms with van der Waals surface area (Å²) in [4.78, 5) is 18.9. The minimum absolute atomic E-state index is 0.0129. The number of aromatic nitrogens is 2. The number of pyridine rings is 1. The molecule has 39 heavy (non-hydrogen) atoms. The van der Waals surface area contributed by atoms with Crippen molar-refractivity contribution < 1.29 is 4.79 Å². The standard InChI is InChI=1S/C31H32ClN5OS/c1-6-28(38)34-25-14-13-22(16-18(25)2)37-30(29(35-31(37)39)26-11-7-8-15-33-26)23-17-19(3)36(21(23)5)27-12-9-10-24(32)20(27)4/h7-17,29-30H,6H2,1-5H3,(H,34,38)(H,35,39). The van der Waals surface area contributed by atoms with Crippen LogP contribution in [0.5, 0.6) is 0 Å². The van der Waals surface area contributed by atoms with Gasteiger partial charge < -0.3 is 20.1 Å². The molecular weight excluding hydrogens is 526 g/mol. The van der Waals surface area contributed by atoms with Gasteiger partial charge in [-0.1, -0.05) is 30.7 Å². The van der Waals surface area contributed by atoms with Crippen molar-refractivity contribution in [2.75, 3.05) is 10.2 Å². The van der Waals surface area contributed by atoms with Crippen LogP contribution < -0.4 is 15.5 Å². The lowest BCUT2D eigenvalue weighted by atomic mass is 9.96. The van der Waals surface area contributed by atoms with Crippen LogP contribution in [0.1, 0.15) is 59.2 Å². The first-order chi connectivity index (χ1) is 18.7. The zero-order valence-electron chi connectivity index (χ0n) is 22.7. The second-order valence-electron chi connectivity index (χ2n) is 9.94. The Kier molecular flexibility index (Phi) is 7.47. The third-order valence-electron chi connectivity index (χ3n) is 7.45. The van der Waals surface area contributed by atoms with E-state index < -0.39 is 0 Å². The fourth-order valence-electron chi connectivity index (χ4n) is 5.42. The molecule has 2 aromatic carbocycles. The molecule has 1 aliphatic rings. The molecule has 1 fully saturated rings. The molecule has 1 saturated heterocycles. The Labute approximate surface area is 240 Å². The van der Waals surface area contributed by atoms with E-state index in [4.69, 9.17) is 28.8 Å². The number of halogens is 1. The molecule has 0 radical (unpaired) electrons. The van der Waals surface area contributed by atoms with Crippen LogP contribution in [0, 0.1) is 27.7 Å². The van der Waals surface area contributed by atoms with E-state index >= 15 is 0 Å². The van der Waals surface area contributed by atoms with E-state index in [0.29, 0.717) is 11.5 Å². The van der Waals surface area contributed by atoms with Crippen molar-refractivity contribution in [3.05, 3.63) is 106 Å². The second kappa shape index (κ2) is 10.8. The highest BCUT2D eigenvalue weighted by atomic mass is 35.5. The number of aryl methyl sites for hydroxylation is 2. The quantitative estimate of drug-likeness (QED) is 0.244. The summed E-state index contributed by atoms with van der Waals surface area (Å²) < 4.78 is 2.26. The van der Waals surface area contributed by atoms with Crippen molar-refractivity contribution in [3.8, 4) is 5.69 Å². The number of carbonyl (C=O) groups is 1. The van der Waals surface area contributed by atoms with E-state index in [-0.39, 0.29) is 18.0 Å². The predicted molar refractivity (Wildman–Crippen MR) is 163 cm³/mol. The number of rotatable bonds is 6. The van der Waals surface area contributed by atoms with Crippen LogP contribution in [-0.4, -0.2) is 20.6 Å². The molecule has 4 aromatic rings. The smallest absolute Gasteiger partial charge is 0.224 e. The molecule has 3 heterocycles. The normalized spacial score (nSPS) is 16.9. The van der Waals surface area contributed by atoms with Crippen molar-refractivity contribution in [1.82, 2.24) is 14.9 Å². The lowest BCUT2D eigenvalue weighted by molar-refractivity contribution is -0.115. The van der Waals surface area contributed by atoms with Crippen molar-refractivity contribution in [1.29, 1.82) is 0 Å². The number of amides is 1. The Bertz CT molecular complexity index is 1560. The molecule has 0 spiro atoms. The van der Waals surface area contributed by atoms with Gasteiger partial charge in [0.05, 0.1) is 17.8 Å². The van der Waals surface area contributed by atoms with Gasteiger partial charge in [-0.2, -0.15) is 0 Å². The van der Waals surface area contributed by atoms with Gasteiger partial charge in [-0.3, -0.25) is 9.78 Å². The third-order valence-corrected chi connectivity index (χ3v) is 8.17. The fourth-order valence-corrected chi connectivity index (χ4v) is 5.94. The van der Waals surface area contributed by atoms with Gasteiger partial charge in [0.1, 0.15) is 0 Å². The summed E-state index contributed by atoms with van der Waals surface area (Å²) in [6.45, 7) is 10.2. The number of hydrogen-bond donors (Lipinski definition) is 2. The molecular formula is C31H32ClN5OS. The van der Waals surface area contributed by atoms with Crippen LogP contribution in [0.2, 0.25) is 5.02 Å². The highest BCUT2D eigenvalue weighted by molar-refractivity contribution is 7.80. The lowest BCUT2D eigenvalue weighted by Crippen LogP contribution is -2.29. The molecule has 1 aliphatic heterocycles. The summed E-state index contributed by atoms with van der Waals surface area (Å²) in [5, 5.41) is 7.91. The van der Waals surface area contributed by atoms with Crippen LogP contribution >= 0.6 is 23.8 Å². The Balaban J connectivity index is 1.65. The highest BCUT2D eigenvalue weighted by Crippen LogP contribution is 2.44. The topological polar surface area (TPSA) is 62.2 Å². The third kappa shape index (κ3) is 4.92. The summed E-state index contributed by atoms with van der Waals surface area (Å²) in [6, 6.07) is 19.9. The maximum Gasteiger partial charge on any atom is 0.224 e. The predicted octanol–water partition coefficient (Wildman–Crippen LogP) is 7.28. The molecule has 0 bridgehead atoms. The molecule has 8 heteroatoms. The maximum absolute atomic E-state index is 12.0. The van der Waals surface area contributed by atoms with E-state index in [1.807, 2.05) is 69.4 Å². The Morgan fingerprint density at radius 2 is 1.87 bits per heavy atom. The molecule has 1 amide bonds. The Morgan fingerprint density at radius 3 is 2.56 bits per heavy atom. The van der Waals surface area contributed by atoms with E-state index in [9.17, 15) is 4.79 Å². The van der Waals surface area contributed by atoms with E-state index in [0.717, 1.165) is 55.9 Å². The Hall–Kier alpha value is -3.68. The van der Waals surface area contributed by atoms with Gasteiger partial charge in [-0.25, -0.2) is 0 Å². The van der Waals surface area contributed by atoms with Crippen molar-refractivity contribution in [2.45, 2.75) is 53.1 Å². The van der Waals surface area contributed by atoms with E-state index in [1.54, 1.807) is 0 Å². The SMILES string of the molecule is CCC(=O)Nc1ccc(N2C(=S)NC(c3ccccn3)C2c2cc(C)n(-c3cccc(Cl)c3C)c2C)cc1C. The molecule has 200 valence electrons. The van der Waals surface area contributed by atoms with Gasteiger partial charge in [0, 0.05) is 46.1 Å². The number of benzene rings is 2. The lowest BCUT2D eigenvalue weighted by Gasteiger charge is -2.29. The monoisotopic (exact) mass is 557 g/mol. The molecule has 5 rings (SSSR count). The van der Waals surface area contributed by atoms with Gasteiger partial charge in [-0.15, -0.1) is 0 Å². The van der Waals surface area contributed by atoms with Crippen molar-refractivity contribution in [3.63, 3.8) is 0 Å². The first kappa shape index (κ1) is 26.9. The van der Waals surface area contributed by atoms with E-state index in [1.165, 1.54) is 0 Å². The van der Waals surface area contributed by atoms with Crippen molar-refractivity contribution >= 4 is 46.2 Å². The van der Waals surface area contributed by atoms with E-state index in [2.05, 4.69) is 52.1 Å². The summed E-state index contributed by atoms with van der Waals surface area (Å²) >= 11 is 12.5. The first-order valence-electron chi connectivity index (χ1n) is 13.1. The fraction of sp³-hybridized carbons (Fsp3) is 0.258. The Morgan fingerprint density at radius 1 is 1.08 bits per heavy atom. The van der Waals surface area contributed by atoms with Crippen LogP contribution in [-0.2, 0) is 4.79 Å². The number of nitrogens with one attached hydrogen (secondary N) is 2. The number of carbonyl (C=O) groups excluding carboxylic acids is 1. The summed E-state index contributed by atoms with van der Waals surface area (Å²) in [5.74, 6) is -0.0129. The van der Waals surface area contributed by atoms with Gasteiger partial charge in [0.2, 0.25) is 5.91 Å². The van der Waals surface area contributed by atoms with Gasteiger partial charge in [0.25, 0.3) is 0 Å². The van der Waals surface area contributed by atoms with Crippen LogP contribution in [0.15, 0.2) is 66.9 Å². The molecule has 0 aliphatic carbocycles. The number of anilines is 2. The zero-order valence-corrected chi connectivity index (χ0v) is 24.3. The minimum Gasteiger partial charge on any atom is -0.351 e. The molecule has 2 aromatic heterocycles. The molecule has 6 nitrogen and oxygen atoms in total. The molecule has 2 atom stereocenters. The minimum atomic E-state index is -0.159. The number of thiocarbonyl (C=S) groups is 1. The number of hydrogen-bond acceptors (Lipinski definition) is 3. The largest absolute Gasteiger partial charge is 0.351 e. The second-order valence-corrected chi connectivity index (χ2v) is 10.7. The van der Waals surface area contributed by atoms with Crippen LogP contribution in [0.25, 0.3) is 5.69 Å². The van der Waals surface area contributed by atoms with Gasteiger partial charge in [0.15, 0.2) is 5.11 Å². The van der Waals surface area contributed by atoms with Crippen LogP contribution in [0.4, 0.5) is 11.4 Å². The summed E-state index contributed by atoms with van der Waals surface area (Å²) in [5.41, 5.74) is 9.11. The van der Waals surface area contributed by atoms with Gasteiger partial charge in [-0.05, 0) is 105 Å². The maximum atomic E-state index is 12.0. The average molecular weight is 558 g/mol. The zero-order chi connectivity index (χ0) is 27.8. The van der Waals surface area contributed by atoms with Crippen molar-refractivity contribution in [2.24, 2.45) is 0 Å². The first-order valence-corrected chi connectivity index (χ1v) is 13.8. The summed E-state index contributed by atoms with van der Waals surface area (Å²) in [6.07, 6.45) is 2.24. The number of nitrogens with zero attached hydrogens (tertiary/aromatic N) is 3. The highest BCUT2D eigenvalue weighted by Gasteiger charge is 2.42. The summed E-state index contributed by atoms with van der Waals surface area (Å²) in [7, 11) is 0. The molecule has 0 saturated carbocycles. The molecule has 2 N–H and O–H groups in total. The van der Waals surface area contributed by atoms with Crippen LogP contribution in [0.3, 0.4) is 0 Å². The molecule has 2 unspecified atom stereocenters. The average Bonchev–Trinajstić information content (AvgIpc) is 3.42. The van der Waals surface area contributed by atoms with Gasteiger partial charge >= 0.3 is 0 Å².